The lowest BCUT2D eigenvalue weighted by Gasteiger charge is -2.32. The Bertz CT molecular complexity index is 770. The van der Waals surface area contributed by atoms with Crippen LogP contribution in [0.1, 0.15) is 11.1 Å². The molecule has 2 aromatic rings. The Morgan fingerprint density at radius 2 is 1.48 bits per heavy atom. The van der Waals surface area contributed by atoms with Gasteiger partial charge in [-0.2, -0.15) is 0 Å². The molecule has 2 aromatic carbocycles. The molecule has 2 atom stereocenters. The molecule has 0 aliphatic carbocycles. The van der Waals surface area contributed by atoms with Crippen molar-refractivity contribution >= 4 is 29.3 Å². The largest absolute Gasteiger partial charge is 0.480 e. The molecule has 2 unspecified atom stereocenters. The highest BCUT2D eigenvalue weighted by Crippen LogP contribution is 2.52. The number of carbonyl (C=O) groups is 2. The van der Waals surface area contributed by atoms with Crippen molar-refractivity contribution in [3.63, 3.8) is 0 Å². The lowest BCUT2D eigenvalue weighted by molar-refractivity contribution is -0.147. The number of hydrogen-bond acceptors (Lipinski definition) is 3. The van der Waals surface area contributed by atoms with E-state index in [9.17, 15) is 19.8 Å². The highest BCUT2D eigenvalue weighted by molar-refractivity contribution is 8.04. The first kappa shape index (κ1) is 15.4. The fraction of sp³-hybridized carbons (Fsp3) is 0.111. The Balaban J connectivity index is 2.28. The summed E-state index contributed by atoms with van der Waals surface area (Å²) >= 11 is 1.04. The van der Waals surface area contributed by atoms with Crippen molar-refractivity contribution in [2.45, 2.75) is 10.7 Å². The third-order valence-electron chi connectivity index (χ3n) is 4.02. The maximum atomic E-state index is 12.3. The highest BCUT2D eigenvalue weighted by atomic mass is 32.2. The van der Waals surface area contributed by atoms with Gasteiger partial charge in [0.1, 0.15) is 10.7 Å². The lowest BCUT2D eigenvalue weighted by atomic mass is 9.70. The van der Waals surface area contributed by atoms with Crippen LogP contribution in [0.2, 0.25) is 0 Å². The van der Waals surface area contributed by atoms with E-state index in [0.717, 1.165) is 17.3 Å². The van der Waals surface area contributed by atoms with Gasteiger partial charge in [-0.25, -0.2) is 0 Å². The zero-order valence-electron chi connectivity index (χ0n) is 12.0. The van der Waals surface area contributed by atoms with Crippen molar-refractivity contribution < 1.29 is 19.8 Å². The molecular formula is C18H14O4S. The molecule has 116 valence electrons. The summed E-state index contributed by atoms with van der Waals surface area (Å²) in [5.41, 5.74) is 0.0863. The van der Waals surface area contributed by atoms with E-state index in [0.29, 0.717) is 11.1 Å². The first-order chi connectivity index (χ1) is 11.1. The van der Waals surface area contributed by atoms with E-state index in [4.69, 9.17) is 0 Å². The van der Waals surface area contributed by atoms with Crippen LogP contribution in [0.25, 0.3) is 5.57 Å². The maximum Gasteiger partial charge on any atom is 0.320 e. The molecular weight excluding hydrogens is 312 g/mol. The summed E-state index contributed by atoms with van der Waals surface area (Å²) in [6, 6.07) is 17.6. The first-order valence-corrected chi connectivity index (χ1v) is 7.96. The monoisotopic (exact) mass is 326 g/mol. The SMILES string of the molecule is O=C(O)C1SC=C(c2ccccc2)C1(C(=O)O)c1ccccc1. The molecule has 0 fully saturated rings. The van der Waals surface area contributed by atoms with Crippen molar-refractivity contribution in [3.8, 4) is 0 Å². The molecule has 0 aromatic heterocycles. The smallest absolute Gasteiger partial charge is 0.320 e. The first-order valence-electron chi connectivity index (χ1n) is 7.01. The van der Waals surface area contributed by atoms with Gasteiger partial charge < -0.3 is 10.2 Å². The molecule has 0 spiro atoms. The standard InChI is InChI=1S/C18H14O4S/c19-16(20)15-18(17(21)22,13-9-5-2-6-10-13)14(11-23-15)12-7-3-1-4-8-12/h1-11,15H,(H,19,20)(H,21,22). The number of carboxylic acids is 2. The van der Waals surface area contributed by atoms with Crippen LogP contribution in [0.4, 0.5) is 0 Å². The second kappa shape index (κ2) is 5.93. The van der Waals surface area contributed by atoms with Gasteiger partial charge in [0.15, 0.2) is 0 Å². The average Bonchev–Trinajstić information content (AvgIpc) is 2.98. The molecule has 0 bridgehead atoms. The quantitative estimate of drug-likeness (QED) is 0.902. The Morgan fingerprint density at radius 1 is 0.913 bits per heavy atom. The molecule has 1 heterocycles. The maximum absolute atomic E-state index is 12.3. The van der Waals surface area contributed by atoms with Crippen LogP contribution in [-0.4, -0.2) is 27.4 Å². The van der Waals surface area contributed by atoms with E-state index >= 15 is 0 Å². The van der Waals surface area contributed by atoms with E-state index in [2.05, 4.69) is 0 Å². The van der Waals surface area contributed by atoms with Gasteiger partial charge in [0.25, 0.3) is 0 Å². The van der Waals surface area contributed by atoms with E-state index < -0.39 is 22.6 Å². The Hall–Kier alpha value is -2.53. The molecule has 0 radical (unpaired) electrons. The van der Waals surface area contributed by atoms with Crippen LogP contribution in [0.3, 0.4) is 0 Å². The minimum atomic E-state index is -1.61. The number of hydrogen-bond donors (Lipinski definition) is 2. The van der Waals surface area contributed by atoms with Crippen LogP contribution in [0.15, 0.2) is 66.1 Å². The van der Waals surface area contributed by atoms with Crippen LogP contribution in [-0.2, 0) is 15.0 Å². The summed E-state index contributed by atoms with van der Waals surface area (Å²) in [6.07, 6.45) is 0. The van der Waals surface area contributed by atoms with E-state index in [1.807, 2.05) is 18.2 Å². The number of thioether (sulfide) groups is 1. The second-order valence-electron chi connectivity index (χ2n) is 5.23. The van der Waals surface area contributed by atoms with Gasteiger partial charge >= 0.3 is 11.9 Å². The van der Waals surface area contributed by atoms with Crippen molar-refractivity contribution in [3.05, 3.63) is 77.2 Å². The molecule has 0 saturated heterocycles. The van der Waals surface area contributed by atoms with Crippen LogP contribution >= 0.6 is 11.8 Å². The van der Waals surface area contributed by atoms with E-state index in [1.54, 1.807) is 47.9 Å². The van der Waals surface area contributed by atoms with Gasteiger partial charge in [0.05, 0.1) is 0 Å². The summed E-state index contributed by atoms with van der Waals surface area (Å²) in [7, 11) is 0. The van der Waals surface area contributed by atoms with Gasteiger partial charge in [-0.15, -0.1) is 11.8 Å². The summed E-state index contributed by atoms with van der Waals surface area (Å²) in [5.74, 6) is -2.29. The Morgan fingerprint density at radius 3 is 2.00 bits per heavy atom. The van der Waals surface area contributed by atoms with E-state index in [1.165, 1.54) is 0 Å². The second-order valence-corrected chi connectivity index (χ2v) is 6.21. The Labute approximate surface area is 137 Å². The Kier molecular flexibility index (Phi) is 3.96. The predicted molar refractivity (Wildman–Crippen MR) is 89.2 cm³/mol. The summed E-state index contributed by atoms with van der Waals surface area (Å²) < 4.78 is 0. The van der Waals surface area contributed by atoms with Gasteiger partial charge in [-0.1, -0.05) is 60.7 Å². The molecule has 23 heavy (non-hydrogen) atoms. The normalized spacial score (nSPS) is 23.3. The van der Waals surface area contributed by atoms with Crippen molar-refractivity contribution in [2.75, 3.05) is 0 Å². The third kappa shape index (κ3) is 2.33. The average molecular weight is 326 g/mol. The number of rotatable bonds is 4. The molecule has 4 nitrogen and oxygen atoms in total. The zero-order valence-corrected chi connectivity index (χ0v) is 12.9. The van der Waals surface area contributed by atoms with Crippen LogP contribution < -0.4 is 0 Å². The van der Waals surface area contributed by atoms with E-state index in [-0.39, 0.29) is 0 Å². The topological polar surface area (TPSA) is 74.6 Å². The predicted octanol–water partition coefficient (Wildman–Crippen LogP) is 3.25. The summed E-state index contributed by atoms with van der Waals surface area (Å²) in [4.78, 5) is 24.1. The van der Waals surface area contributed by atoms with Gasteiger partial charge in [0.2, 0.25) is 0 Å². The van der Waals surface area contributed by atoms with Gasteiger partial charge in [0, 0.05) is 0 Å². The molecule has 0 saturated carbocycles. The van der Waals surface area contributed by atoms with Crippen LogP contribution in [0, 0.1) is 0 Å². The molecule has 2 N–H and O–H groups in total. The minimum Gasteiger partial charge on any atom is -0.480 e. The summed E-state index contributed by atoms with van der Waals surface area (Å²) in [5, 5.41) is 20.2. The fourth-order valence-electron chi connectivity index (χ4n) is 2.99. The lowest BCUT2D eigenvalue weighted by Crippen LogP contribution is -2.47. The molecule has 1 aliphatic rings. The van der Waals surface area contributed by atoms with Crippen molar-refractivity contribution in [1.82, 2.24) is 0 Å². The molecule has 3 rings (SSSR count). The molecule has 1 aliphatic heterocycles. The molecule has 0 amide bonds. The summed E-state index contributed by atoms with van der Waals surface area (Å²) in [6.45, 7) is 0. The van der Waals surface area contributed by atoms with Crippen molar-refractivity contribution in [1.29, 1.82) is 0 Å². The van der Waals surface area contributed by atoms with Gasteiger partial charge in [-0.3, -0.25) is 9.59 Å². The molecule has 5 heteroatoms. The number of benzene rings is 2. The fourth-order valence-corrected chi connectivity index (χ4v) is 4.27. The zero-order chi connectivity index (χ0) is 16.4. The van der Waals surface area contributed by atoms with Crippen molar-refractivity contribution in [2.24, 2.45) is 0 Å². The number of aliphatic carboxylic acids is 2. The van der Waals surface area contributed by atoms with Gasteiger partial charge in [-0.05, 0) is 22.1 Å². The minimum absolute atomic E-state index is 0.472. The highest BCUT2D eigenvalue weighted by Gasteiger charge is 2.57. The van der Waals surface area contributed by atoms with Crippen LogP contribution in [0.5, 0.6) is 0 Å². The number of carboxylic acid groups (broad SMARTS) is 2. The third-order valence-corrected chi connectivity index (χ3v) is 5.21.